The Labute approximate surface area is 117 Å². The largest absolute Gasteiger partial charge is 0.383 e. The second kappa shape index (κ2) is 9.08. The molecule has 0 heterocycles. The van der Waals surface area contributed by atoms with E-state index in [0.717, 1.165) is 26.1 Å². The Hall–Kier alpha value is -0.900. The number of nitrogens with two attached hydrogens (primary N) is 1. The number of benzene rings is 1. The molecule has 3 heteroatoms. The summed E-state index contributed by atoms with van der Waals surface area (Å²) in [6, 6.07) is 11.0. The lowest BCUT2D eigenvalue weighted by molar-refractivity contribution is 0.106. The topological polar surface area (TPSA) is 38.5 Å². The molecule has 0 saturated carbocycles. The lowest BCUT2D eigenvalue weighted by Crippen LogP contribution is -2.36. The molecule has 0 saturated heterocycles. The van der Waals surface area contributed by atoms with Crippen molar-refractivity contribution in [2.75, 3.05) is 33.4 Å². The predicted molar refractivity (Wildman–Crippen MR) is 81.1 cm³/mol. The monoisotopic (exact) mass is 264 g/mol. The van der Waals surface area contributed by atoms with Gasteiger partial charge in [-0.05, 0) is 24.4 Å². The molecule has 0 fully saturated rings. The fourth-order valence-corrected chi connectivity index (χ4v) is 2.45. The van der Waals surface area contributed by atoms with Crippen molar-refractivity contribution in [3.63, 3.8) is 0 Å². The highest BCUT2D eigenvalue weighted by Crippen LogP contribution is 2.24. The number of rotatable bonds is 9. The van der Waals surface area contributed by atoms with E-state index in [1.54, 1.807) is 7.11 Å². The third-order valence-electron chi connectivity index (χ3n) is 3.25. The second-order valence-corrected chi connectivity index (χ2v) is 5.39. The lowest BCUT2D eigenvalue weighted by Gasteiger charge is -2.33. The number of methoxy groups -OCH3 is 1. The number of ether oxygens (including phenoxy) is 1. The zero-order valence-corrected chi connectivity index (χ0v) is 12.5. The Morgan fingerprint density at radius 2 is 1.89 bits per heavy atom. The minimum absolute atomic E-state index is 0.392. The molecule has 19 heavy (non-hydrogen) atoms. The number of nitrogens with zero attached hydrogens (tertiary/aromatic N) is 1. The number of hydrogen-bond acceptors (Lipinski definition) is 3. The Bertz CT molecular complexity index is 327. The van der Waals surface area contributed by atoms with Crippen molar-refractivity contribution in [2.24, 2.45) is 11.7 Å². The van der Waals surface area contributed by atoms with Crippen molar-refractivity contribution in [3.8, 4) is 0 Å². The first-order valence-electron chi connectivity index (χ1n) is 7.17. The molecular formula is C16H28N2O. The van der Waals surface area contributed by atoms with Crippen LogP contribution in [0.3, 0.4) is 0 Å². The molecule has 0 aliphatic heterocycles. The van der Waals surface area contributed by atoms with Crippen molar-refractivity contribution in [1.82, 2.24) is 4.90 Å². The number of hydrogen-bond donors (Lipinski definition) is 1. The molecule has 0 aliphatic carbocycles. The van der Waals surface area contributed by atoms with Crippen molar-refractivity contribution in [2.45, 2.75) is 26.3 Å². The Morgan fingerprint density at radius 3 is 2.42 bits per heavy atom. The fraction of sp³-hybridized carbons (Fsp3) is 0.625. The summed E-state index contributed by atoms with van der Waals surface area (Å²) >= 11 is 0. The van der Waals surface area contributed by atoms with E-state index in [0.29, 0.717) is 18.5 Å². The van der Waals surface area contributed by atoms with Crippen molar-refractivity contribution < 1.29 is 4.74 Å². The molecule has 1 aromatic carbocycles. The summed E-state index contributed by atoms with van der Waals surface area (Å²) in [5, 5.41) is 0. The third-order valence-corrected chi connectivity index (χ3v) is 3.25. The maximum atomic E-state index is 5.81. The Morgan fingerprint density at radius 1 is 1.21 bits per heavy atom. The minimum atomic E-state index is 0.392. The molecule has 1 aromatic rings. The predicted octanol–water partition coefficient (Wildman–Crippen LogP) is 2.68. The van der Waals surface area contributed by atoms with E-state index >= 15 is 0 Å². The quantitative estimate of drug-likeness (QED) is 0.745. The van der Waals surface area contributed by atoms with Gasteiger partial charge in [0, 0.05) is 26.2 Å². The molecule has 0 spiro atoms. The zero-order chi connectivity index (χ0) is 14.1. The third kappa shape index (κ3) is 5.72. The molecule has 1 atom stereocenters. The van der Waals surface area contributed by atoms with Gasteiger partial charge in [-0.25, -0.2) is 0 Å². The summed E-state index contributed by atoms with van der Waals surface area (Å²) < 4.78 is 5.25. The zero-order valence-electron chi connectivity index (χ0n) is 12.5. The summed E-state index contributed by atoms with van der Waals surface area (Å²) in [6.07, 6.45) is 0.987. The molecule has 2 N–H and O–H groups in total. The van der Waals surface area contributed by atoms with Gasteiger partial charge in [-0.3, -0.25) is 4.90 Å². The van der Waals surface area contributed by atoms with E-state index in [2.05, 4.69) is 49.1 Å². The first-order valence-corrected chi connectivity index (χ1v) is 7.17. The fourth-order valence-electron chi connectivity index (χ4n) is 2.45. The van der Waals surface area contributed by atoms with Crippen LogP contribution in [-0.2, 0) is 4.74 Å². The standard InChI is InChI=1S/C16H28N2O/c1-14(2)13-18(11-12-19-3)16(9-10-17)15-7-5-4-6-8-15/h4-8,14,16H,9-13,17H2,1-3H3. The summed E-state index contributed by atoms with van der Waals surface area (Å²) in [5.41, 5.74) is 7.16. The molecular weight excluding hydrogens is 236 g/mol. The van der Waals surface area contributed by atoms with Gasteiger partial charge in [-0.2, -0.15) is 0 Å². The van der Waals surface area contributed by atoms with Crippen LogP contribution in [0.15, 0.2) is 30.3 Å². The average molecular weight is 264 g/mol. The second-order valence-electron chi connectivity index (χ2n) is 5.39. The van der Waals surface area contributed by atoms with Crippen LogP contribution in [0.2, 0.25) is 0 Å². The van der Waals surface area contributed by atoms with Crippen LogP contribution in [0.1, 0.15) is 31.9 Å². The molecule has 0 amide bonds. The molecule has 1 unspecified atom stereocenters. The van der Waals surface area contributed by atoms with Crippen LogP contribution in [0, 0.1) is 5.92 Å². The first-order chi connectivity index (χ1) is 9.19. The van der Waals surface area contributed by atoms with Crippen LogP contribution in [0.4, 0.5) is 0 Å². The van der Waals surface area contributed by atoms with Crippen LogP contribution >= 0.6 is 0 Å². The Balaban J connectivity index is 2.84. The molecule has 3 nitrogen and oxygen atoms in total. The first kappa shape index (κ1) is 16.2. The van der Waals surface area contributed by atoms with E-state index in [1.807, 2.05) is 0 Å². The summed E-state index contributed by atoms with van der Waals surface area (Å²) in [5.74, 6) is 0.640. The van der Waals surface area contributed by atoms with E-state index in [1.165, 1.54) is 5.56 Å². The van der Waals surface area contributed by atoms with Gasteiger partial charge in [0.05, 0.1) is 6.61 Å². The summed E-state index contributed by atoms with van der Waals surface area (Å²) in [6.45, 7) is 8.01. The molecule has 0 bridgehead atoms. The van der Waals surface area contributed by atoms with Gasteiger partial charge in [0.1, 0.15) is 0 Å². The summed E-state index contributed by atoms with van der Waals surface area (Å²) in [4.78, 5) is 2.50. The highest BCUT2D eigenvalue weighted by Gasteiger charge is 2.20. The van der Waals surface area contributed by atoms with E-state index < -0.39 is 0 Å². The maximum Gasteiger partial charge on any atom is 0.0589 e. The average Bonchev–Trinajstić information content (AvgIpc) is 2.41. The minimum Gasteiger partial charge on any atom is -0.383 e. The van der Waals surface area contributed by atoms with Crippen LogP contribution in [-0.4, -0.2) is 38.3 Å². The van der Waals surface area contributed by atoms with Crippen molar-refractivity contribution in [1.29, 1.82) is 0 Å². The van der Waals surface area contributed by atoms with Gasteiger partial charge in [0.15, 0.2) is 0 Å². The smallest absolute Gasteiger partial charge is 0.0589 e. The molecule has 0 radical (unpaired) electrons. The van der Waals surface area contributed by atoms with Crippen LogP contribution < -0.4 is 5.73 Å². The van der Waals surface area contributed by atoms with Gasteiger partial charge in [0.25, 0.3) is 0 Å². The molecule has 0 aliphatic rings. The van der Waals surface area contributed by atoms with E-state index in [4.69, 9.17) is 10.5 Å². The molecule has 108 valence electrons. The maximum absolute atomic E-state index is 5.81. The molecule has 0 aromatic heterocycles. The summed E-state index contributed by atoms with van der Waals surface area (Å²) in [7, 11) is 1.76. The van der Waals surface area contributed by atoms with Crippen molar-refractivity contribution in [3.05, 3.63) is 35.9 Å². The van der Waals surface area contributed by atoms with Crippen LogP contribution in [0.25, 0.3) is 0 Å². The molecule has 1 rings (SSSR count). The van der Waals surface area contributed by atoms with Gasteiger partial charge in [0.2, 0.25) is 0 Å². The lowest BCUT2D eigenvalue weighted by atomic mass is 10.0. The van der Waals surface area contributed by atoms with Crippen molar-refractivity contribution >= 4 is 0 Å². The highest BCUT2D eigenvalue weighted by atomic mass is 16.5. The SMILES string of the molecule is COCCN(CC(C)C)C(CCN)c1ccccc1. The van der Waals surface area contributed by atoms with Gasteiger partial charge < -0.3 is 10.5 Å². The van der Waals surface area contributed by atoms with Crippen LogP contribution in [0.5, 0.6) is 0 Å². The Kier molecular flexibility index (Phi) is 7.72. The van der Waals surface area contributed by atoms with E-state index in [-0.39, 0.29) is 0 Å². The van der Waals surface area contributed by atoms with E-state index in [9.17, 15) is 0 Å². The van der Waals surface area contributed by atoms with Gasteiger partial charge >= 0.3 is 0 Å². The normalized spacial score (nSPS) is 13.2. The van der Waals surface area contributed by atoms with Gasteiger partial charge in [-0.15, -0.1) is 0 Å². The highest BCUT2D eigenvalue weighted by molar-refractivity contribution is 5.19. The van der Waals surface area contributed by atoms with Gasteiger partial charge in [-0.1, -0.05) is 44.2 Å².